The first-order valence-electron chi connectivity index (χ1n) is 7.78. The monoisotopic (exact) mass is 387 g/mol. The molecule has 0 saturated heterocycles. The SMILES string of the molecule is Cc1[nH]nc(CNCc2ccc(Cl)cn2)c1Oc1cc(Cl)cc(C#N)c1. The topological polar surface area (TPSA) is 86.6 Å². The molecule has 0 atom stereocenters. The van der Waals surface area contributed by atoms with Crippen LogP contribution in [0.3, 0.4) is 0 Å². The van der Waals surface area contributed by atoms with Crippen molar-refractivity contribution in [3.8, 4) is 17.6 Å². The molecule has 2 heterocycles. The number of aromatic amines is 1. The number of benzene rings is 1. The molecular weight excluding hydrogens is 373 g/mol. The Kier molecular flexibility index (Phi) is 5.74. The predicted molar refractivity (Wildman–Crippen MR) is 99.4 cm³/mol. The maximum Gasteiger partial charge on any atom is 0.172 e. The molecule has 132 valence electrons. The molecule has 0 saturated carbocycles. The lowest BCUT2D eigenvalue weighted by Crippen LogP contribution is -2.14. The van der Waals surface area contributed by atoms with E-state index in [0.29, 0.717) is 40.2 Å². The van der Waals surface area contributed by atoms with Crippen LogP contribution >= 0.6 is 23.2 Å². The van der Waals surface area contributed by atoms with E-state index < -0.39 is 0 Å². The van der Waals surface area contributed by atoms with Crippen molar-refractivity contribution in [2.45, 2.75) is 20.0 Å². The minimum Gasteiger partial charge on any atom is -0.453 e. The Bertz CT molecular complexity index is 947. The Balaban J connectivity index is 1.70. The number of pyridine rings is 1. The van der Waals surface area contributed by atoms with E-state index in [-0.39, 0.29) is 0 Å². The first-order chi connectivity index (χ1) is 12.5. The molecule has 1 aromatic carbocycles. The highest BCUT2D eigenvalue weighted by Crippen LogP contribution is 2.30. The molecule has 0 radical (unpaired) electrons. The van der Waals surface area contributed by atoms with Gasteiger partial charge < -0.3 is 10.1 Å². The molecule has 2 aromatic heterocycles. The smallest absolute Gasteiger partial charge is 0.172 e. The van der Waals surface area contributed by atoms with Crippen LogP contribution in [0, 0.1) is 18.3 Å². The van der Waals surface area contributed by atoms with E-state index in [2.05, 4.69) is 26.6 Å². The van der Waals surface area contributed by atoms with Crippen LogP contribution in [0.25, 0.3) is 0 Å². The highest BCUT2D eigenvalue weighted by atomic mass is 35.5. The number of aromatic nitrogens is 3. The summed E-state index contributed by atoms with van der Waals surface area (Å²) in [6.45, 7) is 2.91. The summed E-state index contributed by atoms with van der Waals surface area (Å²) in [5.74, 6) is 1.09. The second-order valence-electron chi connectivity index (χ2n) is 5.59. The summed E-state index contributed by atoms with van der Waals surface area (Å²) in [5, 5.41) is 20.5. The van der Waals surface area contributed by atoms with Gasteiger partial charge in [0.1, 0.15) is 11.4 Å². The number of nitriles is 1. The third-order valence-corrected chi connectivity index (χ3v) is 4.01. The van der Waals surface area contributed by atoms with Crippen molar-refractivity contribution in [3.05, 3.63) is 69.2 Å². The Morgan fingerprint density at radius 2 is 2.04 bits per heavy atom. The minimum absolute atomic E-state index is 0.433. The van der Waals surface area contributed by atoms with Gasteiger partial charge in [-0.1, -0.05) is 23.2 Å². The number of hydrogen-bond acceptors (Lipinski definition) is 5. The van der Waals surface area contributed by atoms with Crippen molar-refractivity contribution in [1.29, 1.82) is 5.26 Å². The fourth-order valence-electron chi connectivity index (χ4n) is 2.35. The van der Waals surface area contributed by atoms with Crippen molar-refractivity contribution in [3.63, 3.8) is 0 Å². The second kappa shape index (κ2) is 8.19. The summed E-state index contributed by atoms with van der Waals surface area (Å²) >= 11 is 11.9. The quantitative estimate of drug-likeness (QED) is 0.655. The zero-order valence-electron chi connectivity index (χ0n) is 13.9. The van der Waals surface area contributed by atoms with Gasteiger partial charge in [-0.2, -0.15) is 10.4 Å². The molecule has 3 aromatic rings. The third kappa shape index (κ3) is 4.52. The zero-order valence-corrected chi connectivity index (χ0v) is 15.4. The van der Waals surface area contributed by atoms with E-state index in [9.17, 15) is 0 Å². The molecule has 2 N–H and O–H groups in total. The summed E-state index contributed by atoms with van der Waals surface area (Å²) in [6.07, 6.45) is 1.61. The number of ether oxygens (including phenoxy) is 1. The standard InChI is InChI=1S/C18H15Cl2N5O/c1-11-18(26-16-5-12(7-21)4-14(20)6-16)17(25-24-11)10-22-9-15-3-2-13(19)8-23-15/h2-6,8,22H,9-10H2,1H3,(H,24,25). The highest BCUT2D eigenvalue weighted by molar-refractivity contribution is 6.31. The Morgan fingerprint density at radius 1 is 1.19 bits per heavy atom. The number of H-pyrrole nitrogens is 1. The Labute approximate surface area is 160 Å². The second-order valence-corrected chi connectivity index (χ2v) is 6.46. The number of rotatable bonds is 6. The number of halogens is 2. The fourth-order valence-corrected chi connectivity index (χ4v) is 2.69. The molecule has 0 aliphatic heterocycles. The van der Waals surface area contributed by atoms with Crippen molar-refractivity contribution in [2.75, 3.05) is 0 Å². The predicted octanol–water partition coefficient (Wildman–Crippen LogP) is 4.37. The van der Waals surface area contributed by atoms with Crippen molar-refractivity contribution in [1.82, 2.24) is 20.5 Å². The summed E-state index contributed by atoms with van der Waals surface area (Å²) in [7, 11) is 0. The van der Waals surface area contributed by atoms with Gasteiger partial charge in [-0.25, -0.2) is 0 Å². The first kappa shape index (κ1) is 18.2. The first-order valence-corrected chi connectivity index (χ1v) is 8.54. The van der Waals surface area contributed by atoms with Crippen LogP contribution < -0.4 is 10.1 Å². The molecule has 6 nitrogen and oxygen atoms in total. The normalized spacial score (nSPS) is 10.5. The van der Waals surface area contributed by atoms with Crippen molar-refractivity contribution in [2.24, 2.45) is 0 Å². The van der Waals surface area contributed by atoms with Gasteiger partial charge in [-0.15, -0.1) is 0 Å². The van der Waals surface area contributed by atoms with Gasteiger partial charge in [0, 0.05) is 24.3 Å². The van der Waals surface area contributed by atoms with Gasteiger partial charge in [0.25, 0.3) is 0 Å². The fraction of sp³-hybridized carbons (Fsp3) is 0.167. The molecular formula is C18H15Cl2N5O. The molecule has 0 amide bonds. The van der Waals surface area contributed by atoms with E-state index >= 15 is 0 Å². The number of nitrogens with one attached hydrogen (secondary N) is 2. The van der Waals surface area contributed by atoms with Crippen molar-refractivity contribution >= 4 is 23.2 Å². The summed E-state index contributed by atoms with van der Waals surface area (Å²) in [4.78, 5) is 4.23. The molecule has 3 rings (SSSR count). The van der Waals surface area contributed by atoms with Gasteiger partial charge >= 0.3 is 0 Å². The van der Waals surface area contributed by atoms with Gasteiger partial charge in [0.2, 0.25) is 0 Å². The van der Waals surface area contributed by atoms with E-state index in [1.165, 1.54) is 0 Å². The number of nitrogens with zero attached hydrogens (tertiary/aromatic N) is 3. The van der Waals surface area contributed by atoms with E-state index in [1.807, 2.05) is 13.0 Å². The van der Waals surface area contributed by atoms with Gasteiger partial charge in [0.05, 0.1) is 28.0 Å². The summed E-state index contributed by atoms with van der Waals surface area (Å²) in [5.41, 5.74) is 2.81. The molecule has 8 heteroatoms. The van der Waals surface area contributed by atoms with Crippen LogP contribution in [0.5, 0.6) is 11.5 Å². The van der Waals surface area contributed by atoms with Crippen LogP contribution in [0.15, 0.2) is 36.5 Å². The summed E-state index contributed by atoms with van der Waals surface area (Å²) < 4.78 is 5.92. The van der Waals surface area contributed by atoms with E-state index in [4.69, 9.17) is 33.2 Å². The molecule has 0 unspecified atom stereocenters. The van der Waals surface area contributed by atoms with Crippen LogP contribution in [0.1, 0.15) is 22.6 Å². The lowest BCUT2D eigenvalue weighted by Gasteiger charge is -2.09. The maximum atomic E-state index is 9.06. The summed E-state index contributed by atoms with van der Waals surface area (Å²) in [6, 6.07) is 10.6. The van der Waals surface area contributed by atoms with Crippen molar-refractivity contribution < 1.29 is 4.74 Å². The average Bonchev–Trinajstić information content (AvgIpc) is 2.96. The lowest BCUT2D eigenvalue weighted by atomic mass is 10.2. The lowest BCUT2D eigenvalue weighted by molar-refractivity contribution is 0.469. The molecule has 0 spiro atoms. The molecule has 0 aliphatic carbocycles. The molecule has 26 heavy (non-hydrogen) atoms. The largest absolute Gasteiger partial charge is 0.453 e. The third-order valence-electron chi connectivity index (χ3n) is 3.57. The van der Waals surface area contributed by atoms with Crippen LogP contribution in [0.2, 0.25) is 10.0 Å². The van der Waals surface area contributed by atoms with Crippen LogP contribution in [-0.2, 0) is 13.1 Å². The maximum absolute atomic E-state index is 9.06. The number of aryl methyl sites for hydroxylation is 1. The van der Waals surface area contributed by atoms with E-state index in [0.717, 1.165) is 17.1 Å². The van der Waals surface area contributed by atoms with Crippen LogP contribution in [-0.4, -0.2) is 15.2 Å². The zero-order chi connectivity index (χ0) is 18.5. The number of hydrogen-bond donors (Lipinski definition) is 2. The minimum atomic E-state index is 0.433. The van der Waals surface area contributed by atoms with Gasteiger partial charge in [0.15, 0.2) is 5.75 Å². The molecule has 0 aliphatic rings. The average molecular weight is 388 g/mol. The Morgan fingerprint density at radius 3 is 2.77 bits per heavy atom. The molecule has 0 fully saturated rings. The van der Waals surface area contributed by atoms with Gasteiger partial charge in [-0.3, -0.25) is 10.1 Å². The Hall–Kier alpha value is -2.59. The van der Waals surface area contributed by atoms with E-state index in [1.54, 1.807) is 30.5 Å². The molecule has 0 bridgehead atoms. The highest BCUT2D eigenvalue weighted by Gasteiger charge is 2.13. The van der Waals surface area contributed by atoms with Gasteiger partial charge in [-0.05, 0) is 37.3 Å². The van der Waals surface area contributed by atoms with Crippen LogP contribution in [0.4, 0.5) is 0 Å².